The third kappa shape index (κ3) is 13.6. The molecule has 3 unspecified atom stereocenters. The number of nitrogens with two attached hydrogens (primary N) is 3. The Balaban J connectivity index is 0. The fraction of sp³-hybridized carbons (Fsp3) is 0.571. The molecule has 0 spiro atoms. The van der Waals surface area contributed by atoms with E-state index in [1.807, 2.05) is 0 Å². The van der Waals surface area contributed by atoms with E-state index in [9.17, 15) is 14.4 Å². The van der Waals surface area contributed by atoms with E-state index in [4.69, 9.17) is 32.5 Å². The first-order valence-corrected chi connectivity index (χ1v) is 7.32. The van der Waals surface area contributed by atoms with Crippen LogP contribution in [0.15, 0.2) is 12.5 Å². The van der Waals surface area contributed by atoms with Gasteiger partial charge in [-0.05, 0) is 12.8 Å². The van der Waals surface area contributed by atoms with Crippen LogP contribution in [-0.4, -0.2) is 61.3 Å². The number of H-pyrrole nitrogens is 1. The number of carboxylic acids is 3. The first kappa shape index (κ1) is 24.7. The maximum atomic E-state index is 10.3. The maximum Gasteiger partial charge on any atom is 0.320 e. The summed E-state index contributed by atoms with van der Waals surface area (Å²) in [5.41, 5.74) is 16.0. The van der Waals surface area contributed by atoms with Crippen LogP contribution < -0.4 is 17.2 Å². The zero-order valence-electron chi connectivity index (χ0n) is 14.4. The Morgan fingerprint density at radius 3 is 1.72 bits per heavy atom. The van der Waals surface area contributed by atoms with Gasteiger partial charge in [0.1, 0.15) is 18.1 Å². The molecule has 1 aromatic heterocycles. The van der Waals surface area contributed by atoms with Crippen molar-refractivity contribution in [3.05, 3.63) is 18.2 Å². The molecule has 1 rings (SSSR count). The minimum atomic E-state index is -1.00. The van der Waals surface area contributed by atoms with Crippen molar-refractivity contribution in [1.82, 2.24) is 9.97 Å². The second-order valence-electron chi connectivity index (χ2n) is 5.46. The van der Waals surface area contributed by atoms with E-state index < -0.39 is 36.0 Å². The highest BCUT2D eigenvalue weighted by atomic mass is 16.4. The minimum Gasteiger partial charge on any atom is -0.480 e. The average molecular weight is 361 g/mol. The zero-order chi connectivity index (χ0) is 20.2. The number of nitrogens with zero attached hydrogens (tertiary/aromatic N) is 1. The number of rotatable bonds is 6. The molecule has 0 saturated carbocycles. The van der Waals surface area contributed by atoms with Crippen LogP contribution in [0.5, 0.6) is 0 Å². The van der Waals surface area contributed by atoms with Crippen LogP contribution in [-0.2, 0) is 20.8 Å². The van der Waals surface area contributed by atoms with Gasteiger partial charge in [-0.2, -0.15) is 0 Å². The summed E-state index contributed by atoms with van der Waals surface area (Å²) in [5, 5.41) is 24.5. The number of imidazole rings is 1. The summed E-state index contributed by atoms with van der Waals surface area (Å²) in [5.74, 6) is -2.87. The predicted octanol–water partition coefficient (Wildman–Crippen LogP) is -1.16. The first-order valence-electron chi connectivity index (χ1n) is 7.32. The van der Waals surface area contributed by atoms with E-state index >= 15 is 0 Å². The molecule has 0 aromatic carbocycles. The standard InChI is InChI=1S/C6H9N3O2.C5H11NO2.C3H7NO2/c7-5(6(10)11)1-4-2-8-3-9-4;1-3(2)4(6)5(7)8;1-2(4)3(5)6/h2-3,5H,1,7H2,(H,8,9)(H,10,11);3-4H,6H2,1-2H3,(H,7,8);2H,4H2,1H3,(H,5,6). The Morgan fingerprint density at radius 1 is 1.04 bits per heavy atom. The second-order valence-corrected chi connectivity index (χ2v) is 5.46. The quantitative estimate of drug-likeness (QED) is 0.322. The van der Waals surface area contributed by atoms with Crippen LogP contribution in [0.2, 0.25) is 0 Å². The summed E-state index contributed by atoms with van der Waals surface area (Å²) in [4.78, 5) is 36.4. The van der Waals surface area contributed by atoms with Gasteiger partial charge in [-0.25, -0.2) is 4.98 Å². The van der Waals surface area contributed by atoms with E-state index in [-0.39, 0.29) is 12.3 Å². The number of carbonyl (C=O) groups is 3. The van der Waals surface area contributed by atoms with Crippen molar-refractivity contribution in [3.8, 4) is 0 Å². The lowest BCUT2D eigenvalue weighted by molar-refractivity contribution is -0.140. The molecule has 11 nitrogen and oxygen atoms in total. The summed E-state index contributed by atoms with van der Waals surface area (Å²) >= 11 is 0. The molecule has 0 aliphatic heterocycles. The first-order chi connectivity index (χ1) is 11.4. The Morgan fingerprint density at radius 2 is 1.52 bits per heavy atom. The third-order valence-corrected chi connectivity index (χ3v) is 2.70. The molecule has 0 amide bonds. The average Bonchev–Trinajstić information content (AvgIpc) is 3.00. The van der Waals surface area contributed by atoms with Crippen molar-refractivity contribution < 1.29 is 29.7 Å². The number of aliphatic carboxylic acids is 3. The summed E-state index contributed by atoms with van der Waals surface area (Å²) < 4.78 is 0. The molecule has 0 aliphatic carbocycles. The predicted molar refractivity (Wildman–Crippen MR) is 89.6 cm³/mol. The molecule has 144 valence electrons. The zero-order valence-corrected chi connectivity index (χ0v) is 14.4. The Hall–Kier alpha value is -2.50. The molecule has 0 saturated heterocycles. The molecule has 1 heterocycles. The van der Waals surface area contributed by atoms with Crippen LogP contribution in [0.25, 0.3) is 0 Å². The lowest BCUT2D eigenvalue weighted by Gasteiger charge is -2.07. The molecule has 3 atom stereocenters. The van der Waals surface area contributed by atoms with Gasteiger partial charge in [0.05, 0.1) is 6.33 Å². The molecule has 10 N–H and O–H groups in total. The smallest absolute Gasteiger partial charge is 0.320 e. The van der Waals surface area contributed by atoms with Gasteiger partial charge >= 0.3 is 17.9 Å². The highest BCUT2D eigenvalue weighted by Crippen LogP contribution is 1.96. The number of aromatic nitrogens is 2. The largest absolute Gasteiger partial charge is 0.480 e. The molecular formula is C14H27N5O6. The van der Waals surface area contributed by atoms with Gasteiger partial charge in [-0.1, -0.05) is 13.8 Å². The van der Waals surface area contributed by atoms with Gasteiger partial charge < -0.3 is 37.5 Å². The van der Waals surface area contributed by atoms with E-state index in [0.29, 0.717) is 0 Å². The van der Waals surface area contributed by atoms with Gasteiger partial charge in [0.25, 0.3) is 0 Å². The van der Waals surface area contributed by atoms with E-state index in [1.54, 1.807) is 20.0 Å². The highest BCUT2D eigenvalue weighted by molar-refractivity contribution is 5.73. The van der Waals surface area contributed by atoms with Crippen molar-refractivity contribution in [3.63, 3.8) is 0 Å². The molecule has 0 aliphatic rings. The van der Waals surface area contributed by atoms with Crippen LogP contribution in [0.4, 0.5) is 0 Å². The lowest BCUT2D eigenvalue weighted by Crippen LogP contribution is -2.34. The number of hydrogen-bond acceptors (Lipinski definition) is 7. The molecule has 1 aromatic rings. The minimum absolute atomic E-state index is 0.0208. The van der Waals surface area contributed by atoms with Gasteiger partial charge in [0.15, 0.2) is 0 Å². The van der Waals surface area contributed by atoms with E-state index in [2.05, 4.69) is 9.97 Å². The topological polar surface area (TPSA) is 219 Å². The van der Waals surface area contributed by atoms with Crippen LogP contribution in [0.1, 0.15) is 26.5 Å². The van der Waals surface area contributed by atoms with Gasteiger partial charge in [0.2, 0.25) is 0 Å². The second kappa shape index (κ2) is 12.9. The highest BCUT2D eigenvalue weighted by Gasteiger charge is 2.14. The lowest BCUT2D eigenvalue weighted by atomic mass is 10.1. The molecule has 11 heteroatoms. The number of aromatic amines is 1. The van der Waals surface area contributed by atoms with Gasteiger partial charge in [-0.3, -0.25) is 14.4 Å². The summed E-state index contributed by atoms with van der Waals surface area (Å²) in [6.45, 7) is 4.97. The SMILES string of the molecule is CC(C)C(N)C(=O)O.CC(N)C(=O)O.NC(Cc1cnc[nH]1)C(=O)O. The number of hydrogen-bond donors (Lipinski definition) is 7. The Bertz CT molecular complexity index is 518. The maximum absolute atomic E-state index is 10.3. The van der Waals surface area contributed by atoms with Crippen molar-refractivity contribution in [1.29, 1.82) is 0 Å². The number of nitrogens with one attached hydrogen (secondary N) is 1. The normalized spacial score (nSPS) is 13.4. The fourth-order valence-corrected chi connectivity index (χ4v) is 1.01. The summed E-state index contributed by atoms with van der Waals surface area (Å²) in [6.07, 6.45) is 3.34. The van der Waals surface area contributed by atoms with Gasteiger partial charge in [-0.15, -0.1) is 0 Å². The van der Waals surface area contributed by atoms with Crippen LogP contribution >= 0.6 is 0 Å². The molecular weight excluding hydrogens is 334 g/mol. The third-order valence-electron chi connectivity index (χ3n) is 2.70. The monoisotopic (exact) mass is 361 g/mol. The molecule has 0 radical (unpaired) electrons. The fourth-order valence-electron chi connectivity index (χ4n) is 1.01. The Labute approximate surface area is 145 Å². The van der Waals surface area contributed by atoms with E-state index in [0.717, 1.165) is 5.69 Å². The van der Waals surface area contributed by atoms with E-state index in [1.165, 1.54) is 13.3 Å². The van der Waals surface area contributed by atoms with Crippen molar-refractivity contribution in [2.75, 3.05) is 0 Å². The molecule has 0 fully saturated rings. The van der Waals surface area contributed by atoms with Crippen LogP contribution in [0.3, 0.4) is 0 Å². The van der Waals surface area contributed by atoms with Crippen molar-refractivity contribution in [2.24, 2.45) is 23.1 Å². The van der Waals surface area contributed by atoms with Crippen molar-refractivity contribution in [2.45, 2.75) is 45.3 Å². The van der Waals surface area contributed by atoms with Crippen molar-refractivity contribution >= 4 is 17.9 Å². The Kier molecular flexibility index (Phi) is 12.7. The van der Waals surface area contributed by atoms with Crippen LogP contribution in [0, 0.1) is 5.92 Å². The molecule has 25 heavy (non-hydrogen) atoms. The molecule has 0 bridgehead atoms. The van der Waals surface area contributed by atoms with Gasteiger partial charge in [0, 0.05) is 18.3 Å². The number of carboxylic acid groups (broad SMARTS) is 3. The summed E-state index contributed by atoms with van der Waals surface area (Å²) in [7, 11) is 0. The summed E-state index contributed by atoms with van der Waals surface area (Å²) in [6, 6.07) is -2.30.